The van der Waals surface area contributed by atoms with Gasteiger partial charge in [-0.25, -0.2) is 13.8 Å². The third-order valence-electron chi connectivity index (χ3n) is 3.32. The first-order chi connectivity index (χ1) is 12.0. The first-order valence-corrected chi connectivity index (χ1v) is 7.64. The van der Waals surface area contributed by atoms with Crippen LogP contribution in [0.3, 0.4) is 0 Å². The highest BCUT2D eigenvalue weighted by molar-refractivity contribution is 6.30. The molecule has 126 valence electrons. The van der Waals surface area contributed by atoms with Crippen molar-refractivity contribution in [3.8, 4) is 0 Å². The maximum Gasteiger partial charge on any atom is 0.255 e. The number of carbonyl (C=O) groups is 1. The highest BCUT2D eigenvalue weighted by Crippen LogP contribution is 2.20. The second-order valence-corrected chi connectivity index (χ2v) is 5.58. The fourth-order valence-electron chi connectivity index (χ4n) is 2.11. The molecule has 4 nitrogen and oxygen atoms in total. The molecule has 0 aliphatic rings. The van der Waals surface area contributed by atoms with Crippen LogP contribution in [-0.2, 0) is 0 Å². The Labute approximate surface area is 147 Å². The molecule has 2 aromatic carbocycles. The molecule has 1 amide bonds. The summed E-state index contributed by atoms with van der Waals surface area (Å²) in [5, 5.41) is 6.00. The number of halogens is 3. The van der Waals surface area contributed by atoms with E-state index in [1.165, 1.54) is 24.4 Å². The lowest BCUT2D eigenvalue weighted by Gasteiger charge is -2.09. The van der Waals surface area contributed by atoms with Crippen LogP contribution in [0, 0.1) is 11.6 Å². The van der Waals surface area contributed by atoms with Crippen LogP contribution in [0.5, 0.6) is 0 Å². The summed E-state index contributed by atoms with van der Waals surface area (Å²) in [6.45, 7) is 0. The van der Waals surface area contributed by atoms with Crippen LogP contribution >= 0.6 is 11.6 Å². The van der Waals surface area contributed by atoms with Crippen molar-refractivity contribution >= 4 is 34.7 Å². The van der Waals surface area contributed by atoms with Gasteiger partial charge in [0.25, 0.3) is 5.91 Å². The Morgan fingerprint density at radius 3 is 2.48 bits per heavy atom. The van der Waals surface area contributed by atoms with E-state index in [9.17, 15) is 13.6 Å². The van der Waals surface area contributed by atoms with Crippen molar-refractivity contribution < 1.29 is 13.6 Å². The molecular formula is C18H12ClF2N3O. The minimum absolute atomic E-state index is 0.0594. The van der Waals surface area contributed by atoms with E-state index >= 15 is 0 Å². The summed E-state index contributed by atoms with van der Waals surface area (Å²) in [4.78, 5) is 16.3. The molecule has 0 aliphatic carbocycles. The Kier molecular flexibility index (Phi) is 4.90. The van der Waals surface area contributed by atoms with Gasteiger partial charge in [0, 0.05) is 28.5 Å². The molecule has 0 radical (unpaired) electrons. The van der Waals surface area contributed by atoms with Crippen molar-refractivity contribution in [2.45, 2.75) is 0 Å². The second kappa shape index (κ2) is 7.27. The molecule has 0 saturated carbocycles. The molecule has 3 aromatic rings. The van der Waals surface area contributed by atoms with E-state index in [1.54, 1.807) is 24.3 Å². The Morgan fingerprint density at radius 1 is 1.00 bits per heavy atom. The van der Waals surface area contributed by atoms with Gasteiger partial charge < -0.3 is 10.6 Å². The van der Waals surface area contributed by atoms with E-state index in [4.69, 9.17) is 11.6 Å². The predicted octanol–water partition coefficient (Wildman–Crippen LogP) is 5.01. The maximum atomic E-state index is 13.7. The van der Waals surface area contributed by atoms with Crippen LogP contribution in [0.1, 0.15) is 10.4 Å². The number of nitrogens with one attached hydrogen (secondary N) is 2. The number of benzene rings is 2. The van der Waals surface area contributed by atoms with E-state index in [0.29, 0.717) is 16.3 Å². The highest BCUT2D eigenvalue weighted by atomic mass is 35.5. The van der Waals surface area contributed by atoms with Crippen molar-refractivity contribution in [1.29, 1.82) is 0 Å². The summed E-state index contributed by atoms with van der Waals surface area (Å²) >= 11 is 5.80. The van der Waals surface area contributed by atoms with Gasteiger partial charge in [0.15, 0.2) is 0 Å². The molecule has 3 rings (SSSR count). The molecule has 0 unspecified atom stereocenters. The summed E-state index contributed by atoms with van der Waals surface area (Å²) in [6, 6.07) is 12.8. The van der Waals surface area contributed by atoms with E-state index in [1.807, 2.05) is 0 Å². The fraction of sp³-hybridized carbons (Fsp3) is 0. The van der Waals surface area contributed by atoms with Gasteiger partial charge in [-0.15, -0.1) is 0 Å². The van der Waals surface area contributed by atoms with Crippen LogP contribution in [-0.4, -0.2) is 10.9 Å². The van der Waals surface area contributed by atoms with Crippen molar-refractivity contribution in [3.63, 3.8) is 0 Å². The minimum Gasteiger partial charge on any atom is -0.338 e. The maximum absolute atomic E-state index is 13.7. The number of pyridine rings is 1. The van der Waals surface area contributed by atoms with Crippen molar-refractivity contribution in [2.24, 2.45) is 0 Å². The number of carbonyl (C=O) groups excluding carboxylic acids is 1. The molecule has 1 heterocycles. The van der Waals surface area contributed by atoms with Crippen LogP contribution in [0.2, 0.25) is 5.02 Å². The van der Waals surface area contributed by atoms with Crippen LogP contribution in [0.25, 0.3) is 0 Å². The average Bonchev–Trinajstić information content (AvgIpc) is 2.60. The Balaban J connectivity index is 1.76. The van der Waals surface area contributed by atoms with Gasteiger partial charge in [-0.3, -0.25) is 4.79 Å². The predicted molar refractivity (Wildman–Crippen MR) is 93.3 cm³/mol. The van der Waals surface area contributed by atoms with E-state index in [-0.39, 0.29) is 17.4 Å². The minimum atomic E-state index is -0.752. The number of nitrogens with zero attached hydrogens (tertiary/aromatic N) is 1. The summed E-state index contributed by atoms with van der Waals surface area (Å²) in [6.07, 6.45) is 1.42. The van der Waals surface area contributed by atoms with Gasteiger partial charge in [-0.05, 0) is 48.5 Å². The zero-order valence-corrected chi connectivity index (χ0v) is 13.5. The molecule has 25 heavy (non-hydrogen) atoms. The molecule has 2 N–H and O–H groups in total. The quantitative estimate of drug-likeness (QED) is 0.688. The number of hydrogen-bond acceptors (Lipinski definition) is 3. The normalized spacial score (nSPS) is 10.4. The Morgan fingerprint density at radius 2 is 1.76 bits per heavy atom. The fourth-order valence-corrected chi connectivity index (χ4v) is 2.23. The monoisotopic (exact) mass is 359 g/mol. The molecule has 0 aliphatic heterocycles. The topological polar surface area (TPSA) is 54.0 Å². The smallest absolute Gasteiger partial charge is 0.255 e. The molecule has 0 atom stereocenters. The third kappa shape index (κ3) is 4.30. The molecule has 7 heteroatoms. The average molecular weight is 360 g/mol. The molecule has 0 spiro atoms. The van der Waals surface area contributed by atoms with E-state index < -0.39 is 11.6 Å². The standard InChI is InChI=1S/C18H12ClF2N3O/c19-12-1-4-14(5-2-12)23-18(25)11-7-8-22-17(9-11)24-16-6-3-13(20)10-15(16)21/h1-10H,(H,22,24)(H,23,25). The van der Waals surface area contributed by atoms with Gasteiger partial charge in [0.1, 0.15) is 17.5 Å². The highest BCUT2D eigenvalue weighted by Gasteiger charge is 2.09. The van der Waals surface area contributed by atoms with Gasteiger partial charge in [-0.1, -0.05) is 11.6 Å². The Hall–Kier alpha value is -2.99. The summed E-state index contributed by atoms with van der Waals surface area (Å²) in [5.74, 6) is -1.52. The number of amides is 1. The SMILES string of the molecule is O=C(Nc1ccc(Cl)cc1)c1ccnc(Nc2ccc(F)cc2F)c1. The largest absolute Gasteiger partial charge is 0.338 e. The first-order valence-electron chi connectivity index (χ1n) is 7.26. The van der Waals surface area contributed by atoms with Gasteiger partial charge >= 0.3 is 0 Å². The van der Waals surface area contributed by atoms with Crippen LogP contribution < -0.4 is 10.6 Å². The van der Waals surface area contributed by atoms with Crippen LogP contribution in [0.4, 0.5) is 26.0 Å². The first kappa shape index (κ1) is 16.9. The molecule has 0 fully saturated rings. The van der Waals surface area contributed by atoms with E-state index in [2.05, 4.69) is 15.6 Å². The summed E-state index contributed by atoms with van der Waals surface area (Å²) < 4.78 is 26.6. The second-order valence-electron chi connectivity index (χ2n) is 5.14. The number of anilines is 3. The summed E-state index contributed by atoms with van der Waals surface area (Å²) in [5.41, 5.74) is 0.976. The van der Waals surface area contributed by atoms with Gasteiger partial charge in [0.2, 0.25) is 0 Å². The number of aromatic nitrogens is 1. The lowest BCUT2D eigenvalue weighted by molar-refractivity contribution is 0.102. The lowest BCUT2D eigenvalue weighted by atomic mass is 10.2. The lowest BCUT2D eigenvalue weighted by Crippen LogP contribution is -2.12. The van der Waals surface area contributed by atoms with Crippen molar-refractivity contribution in [1.82, 2.24) is 4.98 Å². The number of hydrogen-bond donors (Lipinski definition) is 2. The molecule has 1 aromatic heterocycles. The van der Waals surface area contributed by atoms with Crippen LogP contribution in [0.15, 0.2) is 60.8 Å². The molecule has 0 bridgehead atoms. The zero-order valence-electron chi connectivity index (χ0n) is 12.8. The Bertz CT molecular complexity index is 916. The van der Waals surface area contributed by atoms with Crippen molar-refractivity contribution in [3.05, 3.63) is 83.0 Å². The van der Waals surface area contributed by atoms with Gasteiger partial charge in [-0.2, -0.15) is 0 Å². The van der Waals surface area contributed by atoms with E-state index in [0.717, 1.165) is 12.1 Å². The number of rotatable bonds is 4. The third-order valence-corrected chi connectivity index (χ3v) is 3.57. The molecular weight excluding hydrogens is 348 g/mol. The van der Waals surface area contributed by atoms with Gasteiger partial charge in [0.05, 0.1) is 5.69 Å². The molecule has 0 saturated heterocycles. The summed E-state index contributed by atoms with van der Waals surface area (Å²) in [7, 11) is 0. The van der Waals surface area contributed by atoms with Crippen molar-refractivity contribution in [2.75, 3.05) is 10.6 Å². The zero-order chi connectivity index (χ0) is 17.8.